The van der Waals surface area contributed by atoms with Crippen LogP contribution in [-0.2, 0) is 0 Å². The molecule has 0 radical (unpaired) electrons. The van der Waals surface area contributed by atoms with Crippen LogP contribution in [0.3, 0.4) is 0 Å². The van der Waals surface area contributed by atoms with Crippen molar-refractivity contribution in [2.75, 3.05) is 38.6 Å². The molecule has 2 N–H and O–H groups in total. The Morgan fingerprint density at radius 1 is 1.00 bits per heavy atom. The van der Waals surface area contributed by atoms with Crippen molar-refractivity contribution in [1.29, 1.82) is 0 Å². The van der Waals surface area contributed by atoms with Gasteiger partial charge in [0.25, 0.3) is 5.91 Å². The summed E-state index contributed by atoms with van der Waals surface area (Å²) in [5.41, 5.74) is 4.36. The Hall–Kier alpha value is -3.97. The highest BCUT2D eigenvalue weighted by molar-refractivity contribution is 6.45. The van der Waals surface area contributed by atoms with Gasteiger partial charge in [0.1, 0.15) is 11.5 Å². The molecule has 2 aromatic carbocycles. The summed E-state index contributed by atoms with van der Waals surface area (Å²) in [7, 11) is 3.46. The lowest BCUT2D eigenvalue weighted by Crippen LogP contribution is -2.36. The Bertz CT molecular complexity index is 1320. The fourth-order valence-corrected chi connectivity index (χ4v) is 4.84. The van der Waals surface area contributed by atoms with Crippen molar-refractivity contribution in [3.05, 3.63) is 107 Å². The molecule has 0 bridgehead atoms. The van der Waals surface area contributed by atoms with Gasteiger partial charge in [-0.2, -0.15) is 0 Å². The fraction of sp³-hybridized carbons (Fsp3) is 0.333. The Morgan fingerprint density at radius 3 is 2.24 bits per heavy atom. The number of halogens is 1. The van der Waals surface area contributed by atoms with Crippen LogP contribution < -0.4 is 15.5 Å². The largest absolute Gasteiger partial charge is 0.371 e. The van der Waals surface area contributed by atoms with Crippen LogP contribution in [0, 0.1) is 12.8 Å². The number of allylic oxidation sites excluding steroid dienone is 1. The number of rotatable bonds is 8. The zero-order valence-electron chi connectivity index (χ0n) is 24.5. The van der Waals surface area contributed by atoms with Crippen molar-refractivity contribution in [2.45, 2.75) is 33.1 Å². The summed E-state index contributed by atoms with van der Waals surface area (Å²) >= 11 is 6.13. The lowest BCUT2D eigenvalue weighted by molar-refractivity contribution is 0.0966. The summed E-state index contributed by atoms with van der Waals surface area (Å²) in [4.78, 5) is 27.8. The van der Waals surface area contributed by atoms with E-state index in [1.165, 1.54) is 24.1 Å². The molecule has 0 spiro atoms. The molecule has 0 unspecified atom stereocenters. The van der Waals surface area contributed by atoms with E-state index in [1.54, 1.807) is 38.4 Å². The summed E-state index contributed by atoms with van der Waals surface area (Å²) < 4.78 is 0. The molecule has 4 rings (SSSR count). The van der Waals surface area contributed by atoms with Crippen LogP contribution in [0.4, 0.5) is 5.69 Å². The summed E-state index contributed by atoms with van der Waals surface area (Å²) in [6, 6.07) is 21.4. The second kappa shape index (κ2) is 17.0. The molecule has 8 heteroatoms. The number of carbonyl (C=O) groups is 1. The van der Waals surface area contributed by atoms with E-state index in [0.29, 0.717) is 33.7 Å². The first kappa shape index (κ1) is 31.6. The van der Waals surface area contributed by atoms with Gasteiger partial charge < -0.3 is 15.5 Å². The number of hydrogen-bond acceptors (Lipinski definition) is 5. The van der Waals surface area contributed by atoms with Crippen LogP contribution in [0.15, 0.2) is 101 Å². The third-order valence-corrected chi connectivity index (χ3v) is 7.25. The Balaban J connectivity index is 0.000000575. The third kappa shape index (κ3) is 10.5. The summed E-state index contributed by atoms with van der Waals surface area (Å²) in [6.45, 7) is 6.87. The normalized spacial score (nSPS) is 14.7. The number of piperidine rings is 1. The van der Waals surface area contributed by atoms with E-state index in [9.17, 15) is 4.79 Å². The van der Waals surface area contributed by atoms with Crippen molar-refractivity contribution >= 4 is 34.7 Å². The third-order valence-electron chi connectivity index (χ3n) is 6.92. The van der Waals surface area contributed by atoms with Gasteiger partial charge >= 0.3 is 0 Å². The number of benzene rings is 2. The number of anilines is 1. The highest BCUT2D eigenvalue weighted by Crippen LogP contribution is 2.24. The zero-order chi connectivity index (χ0) is 29.5. The summed E-state index contributed by atoms with van der Waals surface area (Å²) in [6.07, 6.45) is 8.93. The van der Waals surface area contributed by atoms with E-state index in [4.69, 9.17) is 11.6 Å². The van der Waals surface area contributed by atoms with E-state index >= 15 is 0 Å². The number of amidine groups is 1. The minimum Gasteiger partial charge on any atom is -0.371 e. The Kier molecular flexibility index (Phi) is 13.1. The SMILES string of the molecule is CN=C(/C=C(\C)NC(=O)c1ccccc1Cl)C(=NC)NCCC1CCN(c2ccncc2)CC1.Cc1ccccc1. The molecule has 3 aromatic rings. The molecule has 216 valence electrons. The first-order chi connectivity index (χ1) is 19.9. The molecular weight excluding hydrogens is 532 g/mol. The van der Waals surface area contributed by atoms with Gasteiger partial charge in [-0.05, 0) is 69.4 Å². The van der Waals surface area contributed by atoms with Crippen molar-refractivity contribution in [3.8, 4) is 0 Å². The van der Waals surface area contributed by atoms with Crippen molar-refractivity contribution < 1.29 is 4.79 Å². The van der Waals surface area contributed by atoms with Crippen LogP contribution in [0.25, 0.3) is 0 Å². The van der Waals surface area contributed by atoms with Crippen molar-refractivity contribution in [1.82, 2.24) is 15.6 Å². The maximum absolute atomic E-state index is 12.5. The molecule has 1 saturated heterocycles. The molecule has 0 atom stereocenters. The van der Waals surface area contributed by atoms with E-state index in [2.05, 4.69) is 61.7 Å². The summed E-state index contributed by atoms with van der Waals surface area (Å²) in [5, 5.41) is 6.72. The van der Waals surface area contributed by atoms with Crippen molar-refractivity contribution in [2.24, 2.45) is 15.9 Å². The van der Waals surface area contributed by atoms with E-state index in [0.717, 1.165) is 26.1 Å². The van der Waals surface area contributed by atoms with Gasteiger partial charge in [0, 0.05) is 57.5 Å². The number of nitrogens with zero attached hydrogens (tertiary/aromatic N) is 4. The minimum atomic E-state index is -0.254. The van der Waals surface area contributed by atoms with Crippen LogP contribution >= 0.6 is 11.6 Å². The Morgan fingerprint density at radius 2 is 1.66 bits per heavy atom. The number of carbonyl (C=O) groups excluding carboxylic acids is 1. The second-order valence-electron chi connectivity index (χ2n) is 9.95. The topological polar surface area (TPSA) is 82.0 Å². The molecule has 41 heavy (non-hydrogen) atoms. The van der Waals surface area contributed by atoms with E-state index < -0.39 is 0 Å². The quantitative estimate of drug-likeness (QED) is 0.243. The molecule has 0 aliphatic carbocycles. The van der Waals surface area contributed by atoms with Crippen LogP contribution in [0.2, 0.25) is 5.02 Å². The number of nitrogens with one attached hydrogen (secondary N) is 2. The predicted octanol–water partition coefficient (Wildman–Crippen LogP) is 6.36. The Labute approximate surface area is 249 Å². The average molecular weight is 573 g/mol. The molecule has 0 saturated carbocycles. The van der Waals surface area contributed by atoms with Crippen LogP contribution in [0.5, 0.6) is 0 Å². The van der Waals surface area contributed by atoms with Gasteiger partial charge in [0.15, 0.2) is 0 Å². The summed E-state index contributed by atoms with van der Waals surface area (Å²) in [5.74, 6) is 1.14. The number of aryl methyl sites for hydroxylation is 1. The highest BCUT2D eigenvalue weighted by atomic mass is 35.5. The maximum Gasteiger partial charge on any atom is 0.256 e. The highest BCUT2D eigenvalue weighted by Gasteiger charge is 2.19. The number of hydrogen-bond donors (Lipinski definition) is 2. The molecule has 1 aliphatic heterocycles. The molecule has 2 heterocycles. The number of aromatic nitrogens is 1. The average Bonchev–Trinajstić information content (AvgIpc) is 3.00. The molecule has 1 amide bonds. The molecule has 1 aliphatic rings. The van der Waals surface area contributed by atoms with Gasteiger partial charge in [-0.25, -0.2) is 0 Å². The van der Waals surface area contributed by atoms with Crippen molar-refractivity contribution in [3.63, 3.8) is 0 Å². The lowest BCUT2D eigenvalue weighted by atomic mass is 9.93. The van der Waals surface area contributed by atoms with Crippen LogP contribution in [0.1, 0.15) is 42.1 Å². The van der Waals surface area contributed by atoms with Gasteiger partial charge in [-0.3, -0.25) is 19.8 Å². The number of amides is 1. The molecular formula is C33H41ClN6O. The first-order valence-electron chi connectivity index (χ1n) is 14.0. The molecule has 1 aromatic heterocycles. The number of pyridine rings is 1. The molecule has 7 nitrogen and oxygen atoms in total. The van der Waals surface area contributed by atoms with E-state index in [-0.39, 0.29) is 5.91 Å². The maximum atomic E-state index is 12.5. The smallest absolute Gasteiger partial charge is 0.256 e. The second-order valence-corrected chi connectivity index (χ2v) is 10.4. The van der Waals surface area contributed by atoms with E-state index in [1.807, 2.05) is 43.6 Å². The molecule has 1 fully saturated rings. The predicted molar refractivity (Wildman–Crippen MR) is 172 cm³/mol. The number of aliphatic imine (C=N–C) groups is 2. The first-order valence-corrected chi connectivity index (χ1v) is 14.4. The standard InChI is InChI=1S/C26H33ClN6O.C7H8/c1-19(32-26(34)22-6-4-5-7-23(22)27)18-24(28-2)25(29-3)31-15-8-20-11-16-33(17-12-20)21-9-13-30-14-10-21;1-7-5-3-2-4-6-7/h4-7,9-10,13-14,18,20H,8,11-12,15-17H2,1-3H3,(H,29,31)(H,32,34);2-6H,1H3/b19-18+,28-24?;. The van der Waals surface area contributed by atoms with Gasteiger partial charge in [-0.15, -0.1) is 0 Å². The minimum absolute atomic E-state index is 0.254. The van der Waals surface area contributed by atoms with Gasteiger partial charge in [0.2, 0.25) is 0 Å². The van der Waals surface area contributed by atoms with Gasteiger partial charge in [0.05, 0.1) is 10.6 Å². The lowest BCUT2D eigenvalue weighted by Gasteiger charge is -2.33. The monoisotopic (exact) mass is 572 g/mol. The zero-order valence-corrected chi connectivity index (χ0v) is 25.2. The van der Waals surface area contributed by atoms with Gasteiger partial charge in [-0.1, -0.05) is 59.6 Å². The fourth-order valence-electron chi connectivity index (χ4n) is 4.62. The van der Waals surface area contributed by atoms with Crippen LogP contribution in [-0.4, -0.2) is 56.2 Å².